The Bertz CT molecular complexity index is 1520. The highest BCUT2D eigenvalue weighted by atomic mass is 127. The molecule has 0 unspecified atom stereocenters. The number of hydrogen-bond donors (Lipinski definition) is 1. The largest absolute Gasteiger partial charge is 0.493 e. The number of benzene rings is 4. The van der Waals surface area contributed by atoms with E-state index >= 15 is 0 Å². The van der Waals surface area contributed by atoms with Crippen LogP contribution >= 0.6 is 22.6 Å². The number of amides is 1. The summed E-state index contributed by atoms with van der Waals surface area (Å²) in [5, 5.41) is 14.8. The van der Waals surface area contributed by atoms with Crippen LogP contribution in [0.1, 0.15) is 22.3 Å². The zero-order valence-corrected chi connectivity index (χ0v) is 22.4. The lowest BCUT2D eigenvalue weighted by Crippen LogP contribution is -2.14. The maximum absolute atomic E-state index is 12.7. The zero-order valence-electron chi connectivity index (χ0n) is 20.3. The Morgan fingerprint density at radius 1 is 1.03 bits per heavy atom. The molecule has 0 aromatic heterocycles. The SMILES string of the molecule is COc1cc(/C=C(\C#N)C(=O)Nc2ccccc2C)cc(I)c1OCc1c(C)ccc2ccccc12. The third-order valence-corrected chi connectivity index (χ3v) is 6.76. The van der Waals surface area contributed by atoms with Gasteiger partial charge in [0.15, 0.2) is 11.5 Å². The molecule has 0 spiro atoms. The van der Waals surface area contributed by atoms with Gasteiger partial charge in [0.1, 0.15) is 18.2 Å². The molecule has 5 nitrogen and oxygen atoms in total. The molecule has 36 heavy (non-hydrogen) atoms. The van der Waals surface area contributed by atoms with Crippen molar-refractivity contribution < 1.29 is 14.3 Å². The second-order valence-corrected chi connectivity index (χ2v) is 9.51. The monoisotopic (exact) mass is 588 g/mol. The number of carbonyl (C=O) groups excluding carboxylic acids is 1. The van der Waals surface area contributed by atoms with E-state index in [-0.39, 0.29) is 5.57 Å². The highest BCUT2D eigenvalue weighted by Gasteiger charge is 2.16. The average Bonchev–Trinajstić information content (AvgIpc) is 2.88. The molecule has 0 atom stereocenters. The Morgan fingerprint density at radius 3 is 2.53 bits per heavy atom. The molecule has 0 saturated carbocycles. The quantitative estimate of drug-likeness (QED) is 0.141. The standard InChI is InChI=1S/C30H25IN2O3/c1-19-12-13-22-9-5-6-10-24(22)25(19)18-36-29-26(31)15-21(16-28(29)35-3)14-23(17-32)30(34)33-27-11-7-4-8-20(27)2/h4-16H,18H2,1-3H3,(H,33,34)/b23-14+. The molecule has 0 heterocycles. The number of carbonyl (C=O) groups is 1. The number of ether oxygens (including phenoxy) is 2. The number of rotatable bonds is 7. The van der Waals surface area contributed by atoms with Crippen LogP contribution < -0.4 is 14.8 Å². The fourth-order valence-corrected chi connectivity index (χ4v) is 4.74. The molecular weight excluding hydrogens is 563 g/mol. The molecule has 180 valence electrons. The van der Waals surface area contributed by atoms with Crippen molar-refractivity contribution in [3.05, 3.63) is 104 Å². The lowest BCUT2D eigenvalue weighted by Gasteiger charge is -2.16. The van der Waals surface area contributed by atoms with Crippen molar-refractivity contribution >= 4 is 51.0 Å². The first kappa shape index (κ1) is 25.3. The molecule has 4 rings (SSSR count). The number of anilines is 1. The third kappa shape index (κ3) is 5.52. The summed E-state index contributed by atoms with van der Waals surface area (Å²) in [6.07, 6.45) is 1.55. The highest BCUT2D eigenvalue weighted by Crippen LogP contribution is 2.36. The molecule has 0 aliphatic rings. The number of methoxy groups -OCH3 is 1. The van der Waals surface area contributed by atoms with E-state index in [2.05, 4.69) is 59.1 Å². The third-order valence-electron chi connectivity index (χ3n) is 5.96. The lowest BCUT2D eigenvalue weighted by molar-refractivity contribution is -0.112. The fourth-order valence-electron chi connectivity index (χ4n) is 3.96. The van der Waals surface area contributed by atoms with Crippen LogP contribution in [0.3, 0.4) is 0 Å². The number of nitrogens with zero attached hydrogens (tertiary/aromatic N) is 1. The molecular formula is C30H25IN2O3. The summed E-state index contributed by atoms with van der Waals surface area (Å²) in [5.41, 5.74) is 4.53. The smallest absolute Gasteiger partial charge is 0.266 e. The van der Waals surface area contributed by atoms with Gasteiger partial charge in [0.25, 0.3) is 5.91 Å². The van der Waals surface area contributed by atoms with Crippen molar-refractivity contribution in [1.29, 1.82) is 5.26 Å². The minimum Gasteiger partial charge on any atom is -0.493 e. The number of para-hydroxylation sites is 1. The second kappa shape index (κ2) is 11.3. The molecule has 0 fully saturated rings. The van der Waals surface area contributed by atoms with Crippen LogP contribution in [-0.4, -0.2) is 13.0 Å². The highest BCUT2D eigenvalue weighted by molar-refractivity contribution is 14.1. The van der Waals surface area contributed by atoms with Gasteiger partial charge in [-0.3, -0.25) is 4.79 Å². The number of hydrogen-bond acceptors (Lipinski definition) is 4. The Kier molecular flexibility index (Phi) is 7.91. The molecule has 6 heteroatoms. The first-order valence-electron chi connectivity index (χ1n) is 11.4. The van der Waals surface area contributed by atoms with Crippen LogP contribution in [0.15, 0.2) is 78.4 Å². The number of nitrogens with one attached hydrogen (secondary N) is 1. The van der Waals surface area contributed by atoms with Gasteiger partial charge in [0, 0.05) is 11.3 Å². The van der Waals surface area contributed by atoms with Crippen LogP contribution in [0.25, 0.3) is 16.8 Å². The maximum atomic E-state index is 12.7. The summed E-state index contributed by atoms with van der Waals surface area (Å²) >= 11 is 2.19. The molecule has 0 aliphatic carbocycles. The van der Waals surface area contributed by atoms with Crippen molar-refractivity contribution in [2.24, 2.45) is 0 Å². The summed E-state index contributed by atoms with van der Waals surface area (Å²) in [6, 6.07) is 25.5. The molecule has 0 saturated heterocycles. The van der Waals surface area contributed by atoms with E-state index in [0.717, 1.165) is 31.0 Å². The van der Waals surface area contributed by atoms with Crippen LogP contribution in [-0.2, 0) is 11.4 Å². The molecule has 1 N–H and O–H groups in total. The van der Waals surface area contributed by atoms with Crippen molar-refractivity contribution in [3.8, 4) is 17.6 Å². The van der Waals surface area contributed by atoms with Gasteiger partial charge >= 0.3 is 0 Å². The van der Waals surface area contributed by atoms with Gasteiger partial charge in [-0.2, -0.15) is 5.26 Å². The summed E-state index contributed by atoms with van der Waals surface area (Å²) in [5.74, 6) is 0.681. The van der Waals surface area contributed by atoms with Crippen LogP contribution in [0.2, 0.25) is 0 Å². The molecule has 0 aliphatic heterocycles. The van der Waals surface area contributed by atoms with Gasteiger partial charge in [0.05, 0.1) is 10.7 Å². The zero-order chi connectivity index (χ0) is 25.7. The van der Waals surface area contributed by atoms with Gasteiger partial charge in [-0.1, -0.05) is 54.6 Å². The van der Waals surface area contributed by atoms with E-state index in [1.807, 2.05) is 49.4 Å². The van der Waals surface area contributed by atoms with E-state index < -0.39 is 5.91 Å². The average molecular weight is 588 g/mol. The fraction of sp³-hybridized carbons (Fsp3) is 0.133. The van der Waals surface area contributed by atoms with Gasteiger partial charge in [-0.25, -0.2) is 0 Å². The molecule has 4 aromatic carbocycles. The van der Waals surface area contributed by atoms with E-state index in [1.165, 1.54) is 0 Å². The number of halogens is 1. The molecule has 0 bridgehead atoms. The predicted molar refractivity (Wildman–Crippen MR) is 152 cm³/mol. The van der Waals surface area contributed by atoms with Gasteiger partial charge in [-0.15, -0.1) is 0 Å². The first-order valence-corrected chi connectivity index (χ1v) is 12.5. The minimum atomic E-state index is -0.465. The Morgan fingerprint density at radius 2 is 1.78 bits per heavy atom. The van der Waals surface area contributed by atoms with Crippen molar-refractivity contribution in [2.75, 3.05) is 12.4 Å². The predicted octanol–water partition coefficient (Wildman–Crippen LogP) is 7.19. The van der Waals surface area contributed by atoms with E-state index in [9.17, 15) is 10.1 Å². The van der Waals surface area contributed by atoms with Gasteiger partial charge < -0.3 is 14.8 Å². The van der Waals surface area contributed by atoms with E-state index in [4.69, 9.17) is 9.47 Å². The Balaban J connectivity index is 1.60. The van der Waals surface area contributed by atoms with Gasteiger partial charge in [0.2, 0.25) is 0 Å². The molecule has 0 radical (unpaired) electrons. The van der Waals surface area contributed by atoms with Gasteiger partial charge in [-0.05, 0) is 88.2 Å². The van der Waals surface area contributed by atoms with Crippen molar-refractivity contribution in [1.82, 2.24) is 0 Å². The number of aryl methyl sites for hydroxylation is 2. The van der Waals surface area contributed by atoms with Crippen LogP contribution in [0, 0.1) is 28.7 Å². The second-order valence-electron chi connectivity index (χ2n) is 8.34. The summed E-state index contributed by atoms with van der Waals surface area (Å²) in [4.78, 5) is 12.7. The summed E-state index contributed by atoms with van der Waals surface area (Å²) in [7, 11) is 1.57. The van der Waals surface area contributed by atoms with E-state index in [1.54, 1.807) is 25.3 Å². The van der Waals surface area contributed by atoms with E-state index in [0.29, 0.717) is 29.4 Å². The van der Waals surface area contributed by atoms with Crippen molar-refractivity contribution in [3.63, 3.8) is 0 Å². The Labute approximate surface area is 224 Å². The molecule has 4 aromatic rings. The lowest BCUT2D eigenvalue weighted by atomic mass is 10.0. The Hall–Kier alpha value is -3.83. The number of fused-ring (bicyclic) bond motifs is 1. The van der Waals surface area contributed by atoms with Crippen LogP contribution in [0.5, 0.6) is 11.5 Å². The topological polar surface area (TPSA) is 71.3 Å². The normalized spacial score (nSPS) is 11.1. The number of nitriles is 1. The first-order chi connectivity index (χ1) is 17.4. The minimum absolute atomic E-state index is 0.00356. The van der Waals surface area contributed by atoms with Crippen LogP contribution in [0.4, 0.5) is 5.69 Å². The van der Waals surface area contributed by atoms with Crippen molar-refractivity contribution in [2.45, 2.75) is 20.5 Å². The summed E-state index contributed by atoms with van der Waals surface area (Å²) in [6.45, 7) is 4.36. The molecule has 1 amide bonds. The maximum Gasteiger partial charge on any atom is 0.266 e. The summed E-state index contributed by atoms with van der Waals surface area (Å²) < 4.78 is 12.7.